The second-order valence-electron chi connectivity index (χ2n) is 14.5. The van der Waals surface area contributed by atoms with Crippen molar-refractivity contribution in [1.29, 1.82) is 0 Å². The van der Waals surface area contributed by atoms with Crippen LogP contribution in [-0.4, -0.2) is 9.97 Å². The number of benzene rings is 8. The minimum absolute atomic E-state index is 0.383. The van der Waals surface area contributed by atoms with E-state index in [4.69, 9.17) is 9.97 Å². The Kier molecular flexibility index (Phi) is 7.68. The Labute approximate surface area is 331 Å². The maximum Gasteiger partial charge on any atom is 0.160 e. The molecule has 1 aliphatic carbocycles. The van der Waals surface area contributed by atoms with Gasteiger partial charge in [-0.1, -0.05) is 194 Å². The molecule has 1 spiro atoms. The third-order valence-electron chi connectivity index (χ3n) is 11.4. The Balaban J connectivity index is 1.04. The molecule has 0 N–H and O–H groups in total. The number of aromatic nitrogens is 2. The van der Waals surface area contributed by atoms with Crippen LogP contribution in [0.5, 0.6) is 0 Å². The average molecular weight is 731 g/mol. The fourth-order valence-electron chi connectivity index (χ4n) is 8.93. The topological polar surface area (TPSA) is 25.8 Å². The first kappa shape index (κ1) is 32.6. The van der Waals surface area contributed by atoms with Gasteiger partial charge in [0.1, 0.15) is 0 Å². The second kappa shape index (κ2) is 13.2. The fourth-order valence-corrected chi connectivity index (χ4v) is 10.2. The van der Waals surface area contributed by atoms with Crippen molar-refractivity contribution < 1.29 is 0 Å². The van der Waals surface area contributed by atoms with E-state index in [1.807, 2.05) is 36.0 Å². The molecule has 9 aromatic rings. The van der Waals surface area contributed by atoms with Crippen molar-refractivity contribution in [1.82, 2.24) is 9.97 Å². The van der Waals surface area contributed by atoms with E-state index in [0.717, 1.165) is 33.6 Å². The highest BCUT2D eigenvalue weighted by atomic mass is 32.2. The highest BCUT2D eigenvalue weighted by molar-refractivity contribution is 7.99. The van der Waals surface area contributed by atoms with E-state index in [1.165, 1.54) is 59.9 Å². The van der Waals surface area contributed by atoms with Crippen LogP contribution >= 0.6 is 11.8 Å². The van der Waals surface area contributed by atoms with Gasteiger partial charge in [-0.15, -0.1) is 0 Å². The predicted octanol–water partition coefficient (Wildman–Crippen LogP) is 13.6. The molecule has 8 aromatic carbocycles. The van der Waals surface area contributed by atoms with E-state index in [1.54, 1.807) is 0 Å². The van der Waals surface area contributed by atoms with Crippen LogP contribution in [0.15, 0.2) is 216 Å². The van der Waals surface area contributed by atoms with Crippen LogP contribution in [0.2, 0.25) is 0 Å². The Morgan fingerprint density at radius 2 is 0.786 bits per heavy atom. The van der Waals surface area contributed by atoms with E-state index in [2.05, 4.69) is 182 Å². The molecule has 0 radical (unpaired) electrons. The molecule has 2 aliphatic rings. The number of fused-ring (bicyclic) bond motifs is 9. The zero-order valence-corrected chi connectivity index (χ0v) is 31.2. The number of nitrogens with zero attached hydrogens (tertiary/aromatic N) is 2. The predicted molar refractivity (Wildman–Crippen MR) is 231 cm³/mol. The van der Waals surface area contributed by atoms with Crippen LogP contribution in [0.4, 0.5) is 0 Å². The molecule has 0 unspecified atom stereocenters. The largest absolute Gasteiger partial charge is 0.228 e. The SMILES string of the molecule is c1ccc(-c2cc(-c3cccc(-c4ccccc4-c4ccc5c(c4)Sc4ccccc4C54c5ccccc5-c5ccccc54)c3)nc(-c3ccccc3)n2)cc1. The zero-order chi connectivity index (χ0) is 37.1. The molecule has 2 nitrogen and oxygen atoms in total. The number of hydrogen-bond acceptors (Lipinski definition) is 3. The lowest BCUT2D eigenvalue weighted by Gasteiger charge is -2.39. The summed E-state index contributed by atoms with van der Waals surface area (Å²) >= 11 is 1.89. The van der Waals surface area contributed by atoms with Crippen molar-refractivity contribution in [3.8, 4) is 67.3 Å². The first-order valence-corrected chi connectivity index (χ1v) is 19.9. The van der Waals surface area contributed by atoms with Gasteiger partial charge in [0.15, 0.2) is 5.82 Å². The van der Waals surface area contributed by atoms with Crippen LogP contribution in [0.1, 0.15) is 22.3 Å². The molecule has 262 valence electrons. The molecule has 0 bridgehead atoms. The molecule has 0 amide bonds. The van der Waals surface area contributed by atoms with Crippen LogP contribution in [0.25, 0.3) is 67.3 Å². The van der Waals surface area contributed by atoms with Crippen molar-refractivity contribution in [2.24, 2.45) is 0 Å². The quantitative estimate of drug-likeness (QED) is 0.176. The van der Waals surface area contributed by atoms with E-state index in [9.17, 15) is 0 Å². The van der Waals surface area contributed by atoms with Crippen molar-refractivity contribution in [3.05, 3.63) is 229 Å². The number of hydrogen-bond donors (Lipinski definition) is 0. The van der Waals surface area contributed by atoms with Gasteiger partial charge in [0, 0.05) is 26.5 Å². The summed E-state index contributed by atoms with van der Waals surface area (Å²) in [5, 5.41) is 0. The van der Waals surface area contributed by atoms with Crippen LogP contribution in [-0.2, 0) is 5.41 Å². The van der Waals surface area contributed by atoms with Gasteiger partial charge >= 0.3 is 0 Å². The molecule has 0 atom stereocenters. The third-order valence-corrected chi connectivity index (χ3v) is 12.5. The molecule has 11 rings (SSSR count). The maximum atomic E-state index is 5.13. The van der Waals surface area contributed by atoms with Crippen LogP contribution in [0.3, 0.4) is 0 Å². The van der Waals surface area contributed by atoms with E-state index < -0.39 is 0 Å². The van der Waals surface area contributed by atoms with Crippen molar-refractivity contribution >= 4 is 11.8 Å². The average Bonchev–Trinajstić information content (AvgIpc) is 3.57. The van der Waals surface area contributed by atoms with Gasteiger partial charge < -0.3 is 0 Å². The van der Waals surface area contributed by atoms with Gasteiger partial charge in [-0.3, -0.25) is 0 Å². The summed E-state index contributed by atoms with van der Waals surface area (Å²) in [4.78, 5) is 12.8. The van der Waals surface area contributed by atoms with Crippen molar-refractivity contribution in [3.63, 3.8) is 0 Å². The van der Waals surface area contributed by atoms with Gasteiger partial charge in [0.2, 0.25) is 0 Å². The Bertz CT molecular complexity index is 2850. The second-order valence-corrected chi connectivity index (χ2v) is 15.6. The zero-order valence-electron chi connectivity index (χ0n) is 30.4. The maximum absolute atomic E-state index is 5.13. The van der Waals surface area contributed by atoms with Gasteiger partial charge in [-0.2, -0.15) is 0 Å². The minimum Gasteiger partial charge on any atom is -0.228 e. The summed E-state index contributed by atoms with van der Waals surface area (Å²) in [5.74, 6) is 0.714. The molecule has 1 aliphatic heterocycles. The molecule has 56 heavy (non-hydrogen) atoms. The van der Waals surface area contributed by atoms with Gasteiger partial charge in [0.05, 0.1) is 16.8 Å². The Hall–Kier alpha value is -6.81. The summed E-state index contributed by atoms with van der Waals surface area (Å²) in [5.41, 5.74) is 17.3. The minimum atomic E-state index is -0.383. The fraction of sp³-hybridized carbons (Fsp3) is 0.0189. The molecule has 0 saturated heterocycles. The summed E-state index contributed by atoms with van der Waals surface area (Å²) in [7, 11) is 0. The smallest absolute Gasteiger partial charge is 0.160 e. The standard InChI is InChI=1S/C53H34N2S/c1-3-16-35(17-4-1)48-34-49(55-52(54-48)36-18-5-2-6-19-36)39-21-15-20-37(32-39)40-22-7-8-23-41(40)38-30-31-47-51(33-38)56-50-29-14-13-28-46(50)53(47)44-26-11-9-24-42(44)43-25-10-12-27-45(43)53/h1-34H. The Morgan fingerprint density at radius 1 is 0.304 bits per heavy atom. The molecular formula is C53H34N2S. The summed E-state index contributed by atoms with van der Waals surface area (Å²) < 4.78 is 0. The lowest BCUT2D eigenvalue weighted by atomic mass is 9.67. The van der Waals surface area contributed by atoms with Crippen LogP contribution in [0, 0.1) is 0 Å². The van der Waals surface area contributed by atoms with E-state index >= 15 is 0 Å². The third kappa shape index (κ3) is 5.12. The molecular weight excluding hydrogens is 697 g/mol. The molecule has 2 heterocycles. The Morgan fingerprint density at radius 3 is 1.46 bits per heavy atom. The normalized spacial score (nSPS) is 13.1. The van der Waals surface area contributed by atoms with E-state index in [-0.39, 0.29) is 5.41 Å². The number of rotatable bonds is 5. The summed E-state index contributed by atoms with van der Waals surface area (Å²) in [6.07, 6.45) is 0. The monoisotopic (exact) mass is 730 g/mol. The van der Waals surface area contributed by atoms with Gasteiger partial charge in [-0.25, -0.2) is 9.97 Å². The van der Waals surface area contributed by atoms with Crippen LogP contribution < -0.4 is 0 Å². The highest BCUT2D eigenvalue weighted by Gasteiger charge is 2.50. The van der Waals surface area contributed by atoms with Crippen molar-refractivity contribution in [2.75, 3.05) is 0 Å². The van der Waals surface area contributed by atoms with Gasteiger partial charge in [0.25, 0.3) is 0 Å². The molecule has 0 saturated carbocycles. The molecule has 0 fully saturated rings. The molecule has 3 heteroatoms. The van der Waals surface area contributed by atoms with E-state index in [0.29, 0.717) is 5.82 Å². The summed E-state index contributed by atoms with van der Waals surface area (Å²) in [6.45, 7) is 0. The highest BCUT2D eigenvalue weighted by Crippen LogP contribution is 2.62. The summed E-state index contributed by atoms with van der Waals surface area (Å²) in [6, 6.07) is 74.4. The van der Waals surface area contributed by atoms with Gasteiger partial charge in [-0.05, 0) is 79.9 Å². The lowest BCUT2D eigenvalue weighted by Crippen LogP contribution is -2.31. The lowest BCUT2D eigenvalue weighted by molar-refractivity contribution is 0.722. The molecule has 1 aromatic heterocycles. The first-order chi connectivity index (χ1) is 27.8. The van der Waals surface area contributed by atoms with Crippen molar-refractivity contribution in [2.45, 2.75) is 15.2 Å². The first-order valence-electron chi connectivity index (χ1n) is 19.1.